The molecule has 18 heavy (non-hydrogen) atoms. The molecule has 92 valence electrons. The van der Waals surface area contributed by atoms with Crippen LogP contribution in [0.15, 0.2) is 24.5 Å². The maximum atomic E-state index is 5.76. The summed E-state index contributed by atoms with van der Waals surface area (Å²) in [6.45, 7) is 0. The summed E-state index contributed by atoms with van der Waals surface area (Å²) in [4.78, 5) is 13.1. The first-order chi connectivity index (χ1) is 8.75. The van der Waals surface area contributed by atoms with Crippen LogP contribution in [0.3, 0.4) is 0 Å². The summed E-state index contributed by atoms with van der Waals surface area (Å²) in [7, 11) is 0. The minimum atomic E-state index is 0.186. The Morgan fingerprint density at radius 2 is 2.11 bits per heavy atom. The van der Waals surface area contributed by atoms with Crippen molar-refractivity contribution >= 4 is 11.5 Å². The van der Waals surface area contributed by atoms with Crippen LogP contribution in [0.1, 0.15) is 35.8 Å². The third-order valence-electron chi connectivity index (χ3n) is 3.39. The van der Waals surface area contributed by atoms with E-state index in [4.69, 9.17) is 11.5 Å². The lowest BCUT2D eigenvalue weighted by Gasteiger charge is -2.23. The lowest BCUT2D eigenvalue weighted by Crippen LogP contribution is -2.16. The number of rotatable bonds is 1. The van der Waals surface area contributed by atoms with Crippen molar-refractivity contribution in [3.05, 3.63) is 41.6 Å². The Hall–Kier alpha value is -2.17. The van der Waals surface area contributed by atoms with Crippen LogP contribution in [0.2, 0.25) is 0 Å². The van der Waals surface area contributed by atoms with Gasteiger partial charge in [0.2, 0.25) is 0 Å². The van der Waals surface area contributed by atoms with Gasteiger partial charge in [-0.05, 0) is 30.9 Å². The summed E-state index contributed by atoms with van der Waals surface area (Å²) in [5, 5.41) is 0. The average molecular weight is 241 g/mol. The van der Waals surface area contributed by atoms with Gasteiger partial charge in [0.1, 0.15) is 11.6 Å². The number of hydrogen-bond acceptors (Lipinski definition) is 5. The topological polar surface area (TPSA) is 90.7 Å². The van der Waals surface area contributed by atoms with Gasteiger partial charge in [-0.2, -0.15) is 0 Å². The van der Waals surface area contributed by atoms with Gasteiger partial charge in [0.15, 0.2) is 0 Å². The van der Waals surface area contributed by atoms with E-state index in [1.807, 2.05) is 12.3 Å². The molecule has 2 heterocycles. The van der Waals surface area contributed by atoms with E-state index in [0.717, 1.165) is 30.8 Å². The predicted molar refractivity (Wildman–Crippen MR) is 69.9 cm³/mol. The molecule has 4 N–H and O–H groups in total. The molecule has 0 radical (unpaired) electrons. The van der Waals surface area contributed by atoms with Crippen LogP contribution < -0.4 is 11.5 Å². The van der Waals surface area contributed by atoms with Gasteiger partial charge in [-0.3, -0.25) is 4.98 Å². The van der Waals surface area contributed by atoms with Crippen molar-refractivity contribution in [2.75, 3.05) is 11.5 Å². The Labute approximate surface area is 105 Å². The highest BCUT2D eigenvalue weighted by Gasteiger charge is 2.24. The van der Waals surface area contributed by atoms with E-state index in [2.05, 4.69) is 21.0 Å². The third-order valence-corrected chi connectivity index (χ3v) is 3.39. The molecule has 0 spiro atoms. The number of nitrogen functional groups attached to an aromatic ring is 2. The normalized spacial score (nSPS) is 18.3. The smallest absolute Gasteiger partial charge is 0.150 e. The molecule has 0 aliphatic heterocycles. The summed E-state index contributed by atoms with van der Waals surface area (Å²) in [5.74, 6) is 1.29. The van der Waals surface area contributed by atoms with Crippen molar-refractivity contribution in [3.63, 3.8) is 0 Å². The molecule has 0 fully saturated rings. The molecule has 0 saturated heterocycles. The van der Waals surface area contributed by atoms with Crippen LogP contribution in [0.5, 0.6) is 0 Å². The van der Waals surface area contributed by atoms with Crippen molar-refractivity contribution in [3.8, 4) is 0 Å². The number of nitrogens with two attached hydrogens (primary N) is 2. The van der Waals surface area contributed by atoms with Crippen molar-refractivity contribution in [2.45, 2.75) is 25.2 Å². The molecule has 1 unspecified atom stereocenters. The van der Waals surface area contributed by atoms with Gasteiger partial charge in [0.05, 0.1) is 11.9 Å². The highest BCUT2D eigenvalue weighted by molar-refractivity contribution is 5.56. The summed E-state index contributed by atoms with van der Waals surface area (Å²) in [6.07, 6.45) is 6.57. The zero-order valence-corrected chi connectivity index (χ0v) is 10.0. The van der Waals surface area contributed by atoms with E-state index in [1.165, 1.54) is 5.56 Å². The number of aryl methyl sites for hydroxylation is 1. The van der Waals surface area contributed by atoms with E-state index < -0.39 is 0 Å². The van der Waals surface area contributed by atoms with Gasteiger partial charge in [-0.1, -0.05) is 6.07 Å². The zero-order chi connectivity index (χ0) is 12.5. The van der Waals surface area contributed by atoms with E-state index in [-0.39, 0.29) is 5.92 Å². The van der Waals surface area contributed by atoms with Crippen LogP contribution >= 0.6 is 0 Å². The summed E-state index contributed by atoms with van der Waals surface area (Å²) in [6, 6.07) is 4.06. The third kappa shape index (κ3) is 1.77. The first-order valence-electron chi connectivity index (χ1n) is 6.07. The van der Waals surface area contributed by atoms with Gasteiger partial charge >= 0.3 is 0 Å². The highest BCUT2D eigenvalue weighted by atomic mass is 15.0. The summed E-state index contributed by atoms with van der Waals surface area (Å²) < 4.78 is 0. The van der Waals surface area contributed by atoms with Gasteiger partial charge in [0.25, 0.3) is 0 Å². The van der Waals surface area contributed by atoms with E-state index in [1.54, 1.807) is 6.20 Å². The number of nitrogens with zero attached hydrogens (tertiary/aromatic N) is 3. The molecule has 0 amide bonds. The summed E-state index contributed by atoms with van der Waals surface area (Å²) >= 11 is 0. The quantitative estimate of drug-likeness (QED) is 0.789. The lowest BCUT2D eigenvalue weighted by atomic mass is 9.85. The Morgan fingerprint density at radius 3 is 2.94 bits per heavy atom. The monoisotopic (exact) mass is 241 g/mol. The van der Waals surface area contributed by atoms with E-state index in [0.29, 0.717) is 11.5 Å². The van der Waals surface area contributed by atoms with Crippen LogP contribution in [0.4, 0.5) is 11.5 Å². The van der Waals surface area contributed by atoms with Crippen LogP contribution in [-0.4, -0.2) is 15.0 Å². The van der Waals surface area contributed by atoms with E-state index >= 15 is 0 Å². The predicted octanol–water partition coefficient (Wildman–Crippen LogP) is 1.50. The van der Waals surface area contributed by atoms with Gasteiger partial charge < -0.3 is 11.5 Å². The Balaban J connectivity index is 2.05. The van der Waals surface area contributed by atoms with Crippen LogP contribution in [0.25, 0.3) is 0 Å². The number of aromatic nitrogens is 3. The maximum Gasteiger partial charge on any atom is 0.150 e. The fourth-order valence-corrected chi connectivity index (χ4v) is 2.46. The highest BCUT2D eigenvalue weighted by Crippen LogP contribution is 2.34. The largest absolute Gasteiger partial charge is 0.394 e. The lowest BCUT2D eigenvalue weighted by molar-refractivity contribution is 0.580. The molecule has 1 aliphatic rings. The van der Waals surface area contributed by atoms with Crippen LogP contribution in [0, 0.1) is 0 Å². The van der Waals surface area contributed by atoms with Crippen LogP contribution in [-0.2, 0) is 6.42 Å². The fourth-order valence-electron chi connectivity index (χ4n) is 2.46. The van der Waals surface area contributed by atoms with Crippen molar-refractivity contribution in [1.82, 2.24) is 15.0 Å². The minimum absolute atomic E-state index is 0.186. The molecule has 1 atom stereocenters. The second-order valence-corrected chi connectivity index (χ2v) is 4.55. The molecule has 1 aliphatic carbocycles. The molecule has 3 rings (SSSR count). The van der Waals surface area contributed by atoms with Crippen molar-refractivity contribution < 1.29 is 0 Å². The van der Waals surface area contributed by atoms with Gasteiger partial charge in [0, 0.05) is 17.8 Å². The fraction of sp³-hybridized carbons (Fsp3) is 0.308. The molecule has 0 aromatic carbocycles. The number of fused-ring (bicyclic) bond motifs is 1. The Kier molecular flexibility index (Phi) is 2.59. The number of hydrogen-bond donors (Lipinski definition) is 2. The summed E-state index contributed by atoms with van der Waals surface area (Å²) in [5.41, 5.74) is 14.2. The SMILES string of the molecule is Nc1cnc(C2CCCc3ncccc32)nc1N. The minimum Gasteiger partial charge on any atom is -0.394 e. The maximum absolute atomic E-state index is 5.76. The Morgan fingerprint density at radius 1 is 1.22 bits per heavy atom. The first-order valence-corrected chi connectivity index (χ1v) is 6.07. The second-order valence-electron chi connectivity index (χ2n) is 4.55. The van der Waals surface area contributed by atoms with Gasteiger partial charge in [-0.15, -0.1) is 0 Å². The van der Waals surface area contributed by atoms with Gasteiger partial charge in [-0.25, -0.2) is 9.97 Å². The average Bonchev–Trinajstić information content (AvgIpc) is 2.41. The number of pyridine rings is 1. The number of anilines is 2. The molecule has 2 aromatic heterocycles. The standard InChI is InChI=1S/C13H15N5/c14-10-7-17-13(18-12(10)15)9-3-1-5-11-8(9)4-2-6-16-11/h2,4,6-7,9H,1,3,5,14H2,(H2,15,17,18). The zero-order valence-electron chi connectivity index (χ0n) is 10.0. The Bertz CT molecular complexity index is 581. The molecular weight excluding hydrogens is 226 g/mol. The molecule has 0 bridgehead atoms. The van der Waals surface area contributed by atoms with Crippen molar-refractivity contribution in [1.29, 1.82) is 0 Å². The van der Waals surface area contributed by atoms with Crippen molar-refractivity contribution in [2.24, 2.45) is 0 Å². The molecule has 0 saturated carbocycles. The first kappa shape index (κ1) is 11.0. The molecule has 5 heteroatoms. The van der Waals surface area contributed by atoms with E-state index in [9.17, 15) is 0 Å². The molecule has 5 nitrogen and oxygen atoms in total. The molecular formula is C13H15N5. The second kappa shape index (κ2) is 4.25. The molecule has 2 aromatic rings.